The van der Waals surface area contributed by atoms with Crippen molar-refractivity contribution in [1.82, 2.24) is 14.8 Å². The van der Waals surface area contributed by atoms with Crippen molar-refractivity contribution in [2.75, 3.05) is 26.7 Å². The number of carbonyl (C=O) groups is 1. The Kier molecular flexibility index (Phi) is 7.60. The van der Waals surface area contributed by atoms with E-state index < -0.39 is 0 Å². The molecule has 34 heavy (non-hydrogen) atoms. The van der Waals surface area contributed by atoms with Crippen molar-refractivity contribution < 1.29 is 14.6 Å². The molecule has 0 saturated carbocycles. The van der Waals surface area contributed by atoms with E-state index in [4.69, 9.17) is 4.74 Å². The normalized spacial score (nSPS) is 19.2. The van der Waals surface area contributed by atoms with Crippen LogP contribution in [-0.2, 0) is 6.54 Å². The van der Waals surface area contributed by atoms with Crippen molar-refractivity contribution >= 4 is 5.91 Å². The van der Waals surface area contributed by atoms with Crippen LogP contribution >= 0.6 is 0 Å². The first-order valence-corrected chi connectivity index (χ1v) is 11.8. The van der Waals surface area contributed by atoms with Gasteiger partial charge in [-0.2, -0.15) is 0 Å². The van der Waals surface area contributed by atoms with Gasteiger partial charge in [-0.25, -0.2) is 4.98 Å². The van der Waals surface area contributed by atoms with Crippen LogP contribution in [0, 0.1) is 5.92 Å². The highest BCUT2D eigenvalue weighted by Crippen LogP contribution is 2.30. The monoisotopic (exact) mass is 459 g/mol. The molecule has 6 nitrogen and oxygen atoms in total. The number of aromatic nitrogens is 1. The van der Waals surface area contributed by atoms with Crippen LogP contribution in [-0.4, -0.2) is 64.7 Å². The Morgan fingerprint density at radius 1 is 1.12 bits per heavy atom. The highest BCUT2D eigenvalue weighted by molar-refractivity contribution is 5.98. The third kappa shape index (κ3) is 5.46. The fourth-order valence-corrected chi connectivity index (χ4v) is 4.38. The van der Waals surface area contributed by atoms with Gasteiger partial charge in [0.1, 0.15) is 11.7 Å². The van der Waals surface area contributed by atoms with E-state index >= 15 is 0 Å². The summed E-state index contributed by atoms with van der Waals surface area (Å²) in [6.07, 6.45) is 1.60. The van der Waals surface area contributed by atoms with Gasteiger partial charge in [-0.05, 0) is 31.2 Å². The van der Waals surface area contributed by atoms with E-state index in [0.29, 0.717) is 24.5 Å². The molecule has 1 N–H and O–H groups in total. The molecule has 0 fully saturated rings. The first-order chi connectivity index (χ1) is 16.5. The number of pyridine rings is 1. The molecule has 3 aromatic rings. The molecule has 0 radical (unpaired) electrons. The van der Waals surface area contributed by atoms with Gasteiger partial charge in [-0.15, -0.1) is 0 Å². The fourth-order valence-electron chi connectivity index (χ4n) is 4.38. The molecular formula is C28H33N3O3. The van der Waals surface area contributed by atoms with Gasteiger partial charge < -0.3 is 14.7 Å². The minimum absolute atomic E-state index is 0.0555. The molecule has 6 heteroatoms. The van der Waals surface area contributed by atoms with E-state index in [0.717, 1.165) is 17.7 Å². The van der Waals surface area contributed by atoms with E-state index in [1.54, 1.807) is 11.1 Å². The molecule has 1 aliphatic rings. The smallest absolute Gasteiger partial charge is 0.259 e. The van der Waals surface area contributed by atoms with Gasteiger partial charge in [-0.3, -0.25) is 9.69 Å². The van der Waals surface area contributed by atoms with E-state index in [1.165, 1.54) is 5.56 Å². The number of aliphatic hydroxyl groups is 1. The molecule has 0 aliphatic carbocycles. The van der Waals surface area contributed by atoms with Gasteiger partial charge >= 0.3 is 0 Å². The lowest BCUT2D eigenvalue weighted by molar-refractivity contribution is 0.0325. The van der Waals surface area contributed by atoms with Crippen molar-refractivity contribution in [2.24, 2.45) is 5.92 Å². The number of ether oxygens (including phenoxy) is 1. The molecule has 1 aromatic heterocycles. The zero-order valence-electron chi connectivity index (χ0n) is 20.1. The lowest BCUT2D eigenvalue weighted by atomic mass is 9.99. The highest BCUT2D eigenvalue weighted by atomic mass is 16.5. The molecule has 2 aromatic carbocycles. The number of hydrogen-bond acceptors (Lipinski definition) is 5. The van der Waals surface area contributed by atoms with Crippen LogP contribution in [0.15, 0.2) is 72.9 Å². The average molecular weight is 460 g/mol. The van der Waals surface area contributed by atoms with Crippen molar-refractivity contribution in [1.29, 1.82) is 0 Å². The molecule has 178 valence electrons. The maximum absolute atomic E-state index is 13.6. The lowest BCUT2D eigenvalue weighted by Gasteiger charge is -2.37. The summed E-state index contributed by atoms with van der Waals surface area (Å²) < 4.78 is 6.42. The van der Waals surface area contributed by atoms with E-state index in [1.807, 2.05) is 61.5 Å². The summed E-state index contributed by atoms with van der Waals surface area (Å²) in [5.74, 6) is 0.245. The Labute approximate surface area is 201 Å². The van der Waals surface area contributed by atoms with Crippen molar-refractivity contribution in [3.05, 3.63) is 84.1 Å². The van der Waals surface area contributed by atoms with Gasteiger partial charge in [0.25, 0.3) is 5.91 Å². The number of carbonyl (C=O) groups excluding carboxylic acids is 1. The van der Waals surface area contributed by atoms with Gasteiger partial charge in [-0.1, -0.05) is 67.6 Å². The van der Waals surface area contributed by atoms with Crippen LogP contribution in [0.25, 0.3) is 11.1 Å². The Balaban J connectivity index is 1.65. The number of benzene rings is 2. The minimum atomic E-state index is -0.302. The Hall–Kier alpha value is -3.22. The van der Waals surface area contributed by atoms with Gasteiger partial charge in [0.2, 0.25) is 5.88 Å². The quantitative estimate of drug-likeness (QED) is 0.576. The van der Waals surface area contributed by atoms with Crippen LogP contribution < -0.4 is 4.74 Å². The predicted molar refractivity (Wildman–Crippen MR) is 134 cm³/mol. The Bertz CT molecular complexity index is 1090. The molecule has 4 rings (SSSR count). The van der Waals surface area contributed by atoms with Crippen molar-refractivity contribution in [3.63, 3.8) is 0 Å². The van der Waals surface area contributed by atoms with Crippen molar-refractivity contribution in [3.8, 4) is 17.0 Å². The number of likely N-dealkylation sites (N-methyl/N-ethyl adjacent to an activating group) is 1. The first kappa shape index (κ1) is 23.9. The molecule has 0 saturated heterocycles. The summed E-state index contributed by atoms with van der Waals surface area (Å²) in [4.78, 5) is 22.2. The topological polar surface area (TPSA) is 65.9 Å². The Morgan fingerprint density at radius 3 is 2.47 bits per heavy atom. The van der Waals surface area contributed by atoms with Crippen LogP contribution in [0.1, 0.15) is 29.8 Å². The number of nitrogens with zero attached hydrogens (tertiary/aromatic N) is 3. The third-order valence-electron chi connectivity index (χ3n) is 6.42. The van der Waals surface area contributed by atoms with Crippen LogP contribution in [0.4, 0.5) is 0 Å². The molecule has 0 bridgehead atoms. The lowest BCUT2D eigenvalue weighted by Crippen LogP contribution is -2.49. The van der Waals surface area contributed by atoms with E-state index in [-0.39, 0.29) is 30.6 Å². The zero-order chi connectivity index (χ0) is 24.1. The van der Waals surface area contributed by atoms with Crippen LogP contribution in [0.3, 0.4) is 0 Å². The average Bonchev–Trinajstić information content (AvgIpc) is 2.86. The standard InChI is InChI=1S/C28H33N3O3/c1-20-16-31(21(2)19-32)28(33)25-14-24(23-12-8-5-9-13-23)15-29-27(25)34-26(20)18-30(3)17-22-10-6-4-7-11-22/h4-15,20-21,26,32H,16-19H2,1-3H3/t20-,21-,26+/m0/s1. The molecule has 1 amide bonds. The number of aliphatic hydroxyl groups excluding tert-OH is 1. The van der Waals surface area contributed by atoms with Gasteiger partial charge in [0, 0.05) is 37.3 Å². The summed E-state index contributed by atoms with van der Waals surface area (Å²) in [6, 6.07) is 21.8. The SMILES string of the molecule is C[C@H]1CN([C@@H](C)CO)C(=O)c2cc(-c3ccccc3)cnc2O[C@@H]1CN(C)Cc1ccccc1. The molecule has 0 unspecified atom stereocenters. The summed E-state index contributed by atoms with van der Waals surface area (Å²) >= 11 is 0. The molecule has 2 heterocycles. The molecule has 3 atom stereocenters. The summed E-state index contributed by atoms with van der Waals surface area (Å²) in [5, 5.41) is 9.86. The van der Waals surface area contributed by atoms with Gasteiger partial charge in [0.05, 0.1) is 12.6 Å². The number of amides is 1. The maximum atomic E-state index is 13.6. The van der Waals surface area contributed by atoms with Crippen LogP contribution in [0.2, 0.25) is 0 Å². The number of fused-ring (bicyclic) bond motifs is 1. The van der Waals surface area contributed by atoms with Crippen LogP contribution in [0.5, 0.6) is 5.88 Å². The second kappa shape index (κ2) is 10.8. The van der Waals surface area contributed by atoms with E-state index in [9.17, 15) is 9.90 Å². The van der Waals surface area contributed by atoms with E-state index in [2.05, 4.69) is 36.0 Å². The second-order valence-electron chi connectivity index (χ2n) is 9.25. The summed E-state index contributed by atoms with van der Waals surface area (Å²) in [5.41, 5.74) is 3.52. The summed E-state index contributed by atoms with van der Waals surface area (Å²) in [6.45, 7) is 5.86. The molecular weight excluding hydrogens is 426 g/mol. The number of hydrogen-bond donors (Lipinski definition) is 1. The summed E-state index contributed by atoms with van der Waals surface area (Å²) in [7, 11) is 2.08. The number of rotatable bonds is 7. The molecule has 0 spiro atoms. The van der Waals surface area contributed by atoms with Gasteiger partial charge in [0.15, 0.2) is 0 Å². The first-order valence-electron chi connectivity index (χ1n) is 11.8. The zero-order valence-corrected chi connectivity index (χ0v) is 20.1. The molecule has 1 aliphatic heterocycles. The predicted octanol–water partition coefficient (Wildman–Crippen LogP) is 4.10. The minimum Gasteiger partial charge on any atom is -0.472 e. The Morgan fingerprint density at radius 2 is 1.79 bits per heavy atom. The maximum Gasteiger partial charge on any atom is 0.259 e. The largest absolute Gasteiger partial charge is 0.472 e. The fraction of sp³-hybridized carbons (Fsp3) is 0.357. The second-order valence-corrected chi connectivity index (χ2v) is 9.25. The highest BCUT2D eigenvalue weighted by Gasteiger charge is 2.34. The third-order valence-corrected chi connectivity index (χ3v) is 6.42. The van der Waals surface area contributed by atoms with Crippen molar-refractivity contribution in [2.45, 2.75) is 32.5 Å².